The molecule has 76 valence electrons. The molecule has 4 heteroatoms. The Morgan fingerprint density at radius 1 is 1.36 bits per heavy atom. The maximum atomic E-state index is 6.17. The van der Waals surface area contributed by atoms with E-state index in [9.17, 15) is 0 Å². The van der Waals surface area contributed by atoms with Crippen LogP contribution in [0.15, 0.2) is 30.3 Å². The van der Waals surface area contributed by atoms with Crippen molar-refractivity contribution in [3.63, 3.8) is 0 Å². The third kappa shape index (κ3) is 1.89. The molecule has 0 spiro atoms. The van der Waals surface area contributed by atoms with Crippen molar-refractivity contribution < 1.29 is 9.47 Å². The largest absolute Gasteiger partial charge is 0.331 e. The lowest BCUT2D eigenvalue weighted by atomic mass is 10.2. The van der Waals surface area contributed by atoms with Gasteiger partial charge in [-0.3, -0.25) is 0 Å². The molecule has 1 aromatic carbocycles. The van der Waals surface area contributed by atoms with E-state index in [1.165, 1.54) is 0 Å². The molecule has 1 fully saturated rings. The van der Waals surface area contributed by atoms with E-state index in [-0.39, 0.29) is 6.10 Å². The van der Waals surface area contributed by atoms with Crippen LogP contribution >= 0.6 is 23.2 Å². The van der Waals surface area contributed by atoms with Crippen LogP contribution in [-0.4, -0.2) is 18.6 Å². The Kier molecular flexibility index (Phi) is 2.98. The van der Waals surface area contributed by atoms with Gasteiger partial charge < -0.3 is 9.47 Å². The molecule has 1 saturated heterocycles. The predicted molar refractivity (Wildman–Crippen MR) is 55.5 cm³/mol. The highest BCUT2D eigenvalue weighted by Gasteiger charge is 2.41. The lowest BCUT2D eigenvalue weighted by Crippen LogP contribution is -2.21. The van der Waals surface area contributed by atoms with Gasteiger partial charge in [0.25, 0.3) is 5.25 Å². The second-order valence-electron chi connectivity index (χ2n) is 3.11. The average molecular weight is 233 g/mol. The predicted octanol–water partition coefficient (Wildman–Crippen LogP) is 2.69. The van der Waals surface area contributed by atoms with Crippen LogP contribution in [0.4, 0.5) is 0 Å². The van der Waals surface area contributed by atoms with E-state index in [1.807, 2.05) is 30.3 Å². The summed E-state index contributed by atoms with van der Waals surface area (Å²) in [5, 5.41) is -1.15. The monoisotopic (exact) mass is 232 g/mol. The summed E-state index contributed by atoms with van der Waals surface area (Å²) in [6.45, 7) is 0.432. The molecule has 1 heterocycles. The summed E-state index contributed by atoms with van der Waals surface area (Å²) in [4.78, 5) is 0. The Bertz CT molecular complexity index is 304. The van der Waals surface area contributed by atoms with E-state index in [0.717, 1.165) is 5.56 Å². The molecular weight excluding hydrogens is 223 g/mol. The number of hydrogen-bond acceptors (Lipinski definition) is 2. The molecule has 0 saturated carbocycles. The minimum Gasteiger partial charge on any atom is -0.331 e. The van der Waals surface area contributed by atoms with E-state index < -0.39 is 5.25 Å². The third-order valence-electron chi connectivity index (χ3n) is 2.06. The van der Waals surface area contributed by atoms with Crippen molar-refractivity contribution in [2.45, 2.75) is 11.4 Å². The number of benzene rings is 1. The van der Waals surface area contributed by atoms with Crippen molar-refractivity contribution in [2.75, 3.05) is 12.5 Å². The van der Waals surface area contributed by atoms with Gasteiger partial charge in [-0.15, -0.1) is 11.6 Å². The fourth-order valence-electron chi connectivity index (χ4n) is 1.35. The van der Waals surface area contributed by atoms with Crippen LogP contribution < -0.4 is 0 Å². The summed E-state index contributed by atoms with van der Waals surface area (Å²) in [7, 11) is 0. The highest BCUT2D eigenvalue weighted by atomic mass is 35.5. The number of hydrogen-bond donors (Lipinski definition) is 0. The Balaban J connectivity index is 2.19. The summed E-state index contributed by atoms with van der Waals surface area (Å²) in [6, 6.07) is 9.42. The highest BCUT2D eigenvalue weighted by molar-refractivity contribution is 6.22. The van der Waals surface area contributed by atoms with E-state index in [2.05, 4.69) is 0 Å². The van der Waals surface area contributed by atoms with Gasteiger partial charge in [-0.25, -0.2) is 0 Å². The molecule has 1 aliphatic rings. The zero-order chi connectivity index (χ0) is 10.0. The number of rotatable bonds is 2. The first-order chi connectivity index (χ1) is 6.74. The van der Waals surface area contributed by atoms with Gasteiger partial charge in [0.1, 0.15) is 0 Å². The minimum atomic E-state index is -1.15. The van der Waals surface area contributed by atoms with Gasteiger partial charge in [0.05, 0.1) is 18.6 Å². The van der Waals surface area contributed by atoms with Crippen LogP contribution in [0.1, 0.15) is 5.56 Å². The van der Waals surface area contributed by atoms with Crippen LogP contribution in [0.5, 0.6) is 0 Å². The quantitative estimate of drug-likeness (QED) is 0.731. The fourth-order valence-corrected chi connectivity index (χ4v) is 1.81. The summed E-state index contributed by atoms with van der Waals surface area (Å²) < 4.78 is 10.9. The zero-order valence-electron chi connectivity index (χ0n) is 7.45. The normalized spacial score (nSPS) is 32.0. The first kappa shape index (κ1) is 10.2. The lowest BCUT2D eigenvalue weighted by Gasteiger charge is -2.20. The second kappa shape index (κ2) is 4.07. The SMILES string of the molecule is ClC[C@@H]1CO[C@@](Cl)(c2ccccc2)O1. The maximum absolute atomic E-state index is 6.17. The van der Waals surface area contributed by atoms with E-state index in [1.54, 1.807) is 0 Å². The Morgan fingerprint density at radius 3 is 2.64 bits per heavy atom. The van der Waals surface area contributed by atoms with Crippen molar-refractivity contribution in [3.05, 3.63) is 35.9 Å². The van der Waals surface area contributed by atoms with Crippen molar-refractivity contribution in [2.24, 2.45) is 0 Å². The second-order valence-corrected chi connectivity index (χ2v) is 3.91. The molecule has 0 aliphatic carbocycles. The Hall–Kier alpha value is -0.280. The molecule has 14 heavy (non-hydrogen) atoms. The maximum Gasteiger partial charge on any atom is 0.276 e. The molecule has 0 bridgehead atoms. The topological polar surface area (TPSA) is 18.5 Å². The van der Waals surface area contributed by atoms with Crippen molar-refractivity contribution in [3.8, 4) is 0 Å². The van der Waals surface area contributed by atoms with Crippen molar-refractivity contribution >= 4 is 23.2 Å². The van der Waals surface area contributed by atoms with E-state index >= 15 is 0 Å². The average Bonchev–Trinajstić information content (AvgIpc) is 2.63. The van der Waals surface area contributed by atoms with Gasteiger partial charge in [-0.05, 0) is 0 Å². The minimum absolute atomic E-state index is 0.130. The molecule has 0 unspecified atom stereocenters. The van der Waals surface area contributed by atoms with Crippen LogP contribution in [0.3, 0.4) is 0 Å². The van der Waals surface area contributed by atoms with Crippen LogP contribution in [0.2, 0.25) is 0 Å². The molecule has 2 nitrogen and oxygen atoms in total. The van der Waals surface area contributed by atoms with Gasteiger partial charge in [0.2, 0.25) is 0 Å². The van der Waals surface area contributed by atoms with Crippen LogP contribution in [0.25, 0.3) is 0 Å². The van der Waals surface area contributed by atoms with Gasteiger partial charge >= 0.3 is 0 Å². The summed E-state index contributed by atoms with van der Waals surface area (Å²) in [6.07, 6.45) is -0.130. The van der Waals surface area contributed by atoms with Gasteiger partial charge in [0, 0.05) is 5.56 Å². The molecule has 1 aromatic rings. The summed E-state index contributed by atoms with van der Waals surface area (Å²) in [5.74, 6) is 0.390. The molecule has 2 rings (SSSR count). The lowest BCUT2D eigenvalue weighted by molar-refractivity contribution is -0.101. The molecule has 0 aromatic heterocycles. The Morgan fingerprint density at radius 2 is 2.07 bits per heavy atom. The van der Waals surface area contributed by atoms with Gasteiger partial charge in [-0.2, -0.15) is 0 Å². The van der Waals surface area contributed by atoms with Crippen molar-refractivity contribution in [1.82, 2.24) is 0 Å². The molecule has 0 radical (unpaired) electrons. The summed E-state index contributed by atoms with van der Waals surface area (Å²) >= 11 is 11.8. The smallest absolute Gasteiger partial charge is 0.276 e. The first-order valence-corrected chi connectivity index (χ1v) is 5.28. The van der Waals surface area contributed by atoms with Gasteiger partial charge in [0.15, 0.2) is 0 Å². The summed E-state index contributed by atoms with van der Waals surface area (Å²) in [5.41, 5.74) is 0.800. The first-order valence-electron chi connectivity index (χ1n) is 4.37. The number of alkyl halides is 2. The van der Waals surface area contributed by atoms with Crippen molar-refractivity contribution in [1.29, 1.82) is 0 Å². The molecular formula is C10H10Cl2O2. The van der Waals surface area contributed by atoms with Gasteiger partial charge in [-0.1, -0.05) is 41.9 Å². The number of halogens is 2. The molecule has 2 atom stereocenters. The van der Waals surface area contributed by atoms with E-state index in [4.69, 9.17) is 32.7 Å². The standard InChI is InChI=1S/C10H10Cl2O2/c11-6-9-7-13-10(12,14-9)8-4-2-1-3-5-8/h1-5,9H,6-7H2/t9-,10+/m1/s1. The van der Waals surface area contributed by atoms with Crippen LogP contribution in [-0.2, 0) is 14.7 Å². The highest BCUT2D eigenvalue weighted by Crippen LogP contribution is 2.38. The fraction of sp³-hybridized carbons (Fsp3) is 0.400. The third-order valence-corrected chi connectivity index (χ3v) is 2.82. The number of ether oxygens (including phenoxy) is 2. The molecule has 0 amide bonds. The van der Waals surface area contributed by atoms with Crippen LogP contribution in [0, 0.1) is 0 Å². The molecule has 0 N–H and O–H groups in total. The van der Waals surface area contributed by atoms with E-state index in [0.29, 0.717) is 12.5 Å². The Labute approximate surface area is 92.7 Å². The zero-order valence-corrected chi connectivity index (χ0v) is 8.96. The molecule has 1 aliphatic heterocycles.